The zero-order valence-electron chi connectivity index (χ0n) is 7.39. The van der Waals surface area contributed by atoms with Crippen molar-refractivity contribution in [3.05, 3.63) is 12.7 Å². The third-order valence-corrected chi connectivity index (χ3v) is 2.57. The molecule has 0 saturated carbocycles. The maximum Gasteiger partial charge on any atom is 0.221 e. The number of halogens is 2. The van der Waals surface area contributed by atoms with Crippen molar-refractivity contribution in [3.8, 4) is 0 Å². The van der Waals surface area contributed by atoms with Gasteiger partial charge in [0.15, 0.2) is 0 Å². The Bertz CT molecular complexity index is 200. The van der Waals surface area contributed by atoms with E-state index in [-0.39, 0.29) is 11.8 Å². The molecule has 13 heavy (non-hydrogen) atoms. The number of hydrogen-bond acceptors (Lipinski definition) is 3. The SMILES string of the molecule is C=CC[C@@]1(CCl)OO[C@](C)(CCl)O1. The Hall–Kier alpha value is 0.200. The van der Waals surface area contributed by atoms with Crippen molar-refractivity contribution in [1.82, 2.24) is 0 Å². The second-order valence-corrected chi connectivity index (χ2v) is 3.61. The van der Waals surface area contributed by atoms with Gasteiger partial charge in [-0.3, -0.25) is 0 Å². The Kier molecular flexibility index (Phi) is 3.60. The van der Waals surface area contributed by atoms with Crippen LogP contribution in [-0.4, -0.2) is 23.3 Å². The monoisotopic (exact) mass is 226 g/mol. The summed E-state index contributed by atoms with van der Waals surface area (Å²) >= 11 is 11.3. The zero-order chi connectivity index (χ0) is 9.95. The molecule has 2 atom stereocenters. The minimum absolute atomic E-state index is 0.172. The normalized spacial score (nSPS) is 39.3. The van der Waals surface area contributed by atoms with Gasteiger partial charge in [0.2, 0.25) is 11.6 Å². The van der Waals surface area contributed by atoms with Crippen LogP contribution in [0.15, 0.2) is 12.7 Å². The van der Waals surface area contributed by atoms with Crippen LogP contribution in [0.2, 0.25) is 0 Å². The minimum Gasteiger partial charge on any atom is -0.310 e. The van der Waals surface area contributed by atoms with Gasteiger partial charge in [-0.05, 0) is 6.92 Å². The molecule has 0 aromatic heterocycles. The molecule has 0 aliphatic carbocycles. The topological polar surface area (TPSA) is 27.7 Å². The quantitative estimate of drug-likeness (QED) is 0.419. The van der Waals surface area contributed by atoms with Crippen molar-refractivity contribution in [2.75, 3.05) is 11.8 Å². The Morgan fingerprint density at radius 2 is 2.00 bits per heavy atom. The van der Waals surface area contributed by atoms with Gasteiger partial charge >= 0.3 is 0 Å². The maximum atomic E-state index is 5.71. The molecule has 1 aliphatic heterocycles. The summed E-state index contributed by atoms with van der Waals surface area (Å²) in [5.74, 6) is -1.50. The molecule has 0 bridgehead atoms. The second kappa shape index (κ2) is 4.15. The smallest absolute Gasteiger partial charge is 0.221 e. The van der Waals surface area contributed by atoms with Gasteiger partial charge in [0.1, 0.15) is 0 Å². The lowest BCUT2D eigenvalue weighted by Gasteiger charge is -2.22. The van der Waals surface area contributed by atoms with Crippen molar-refractivity contribution in [3.63, 3.8) is 0 Å². The van der Waals surface area contributed by atoms with E-state index >= 15 is 0 Å². The van der Waals surface area contributed by atoms with Crippen molar-refractivity contribution < 1.29 is 14.5 Å². The third kappa shape index (κ3) is 2.36. The minimum atomic E-state index is -0.938. The lowest BCUT2D eigenvalue weighted by molar-refractivity contribution is -0.338. The molecule has 1 rings (SSSR count). The molecule has 0 spiro atoms. The molecule has 76 valence electrons. The average Bonchev–Trinajstić information content (AvgIpc) is 2.47. The fraction of sp³-hybridized carbons (Fsp3) is 0.750. The molecule has 1 fully saturated rings. The third-order valence-electron chi connectivity index (χ3n) is 1.67. The summed E-state index contributed by atoms with van der Waals surface area (Å²) in [6, 6.07) is 0. The molecular weight excluding hydrogens is 215 g/mol. The van der Waals surface area contributed by atoms with Crippen LogP contribution in [0.1, 0.15) is 13.3 Å². The van der Waals surface area contributed by atoms with Crippen molar-refractivity contribution in [2.24, 2.45) is 0 Å². The highest BCUT2D eigenvalue weighted by atomic mass is 35.5. The zero-order valence-corrected chi connectivity index (χ0v) is 8.90. The summed E-state index contributed by atoms with van der Waals surface area (Å²) in [4.78, 5) is 9.99. The van der Waals surface area contributed by atoms with E-state index in [0.717, 1.165) is 0 Å². The predicted octanol–water partition coefficient (Wildman–Crippen LogP) is 2.43. The van der Waals surface area contributed by atoms with Gasteiger partial charge in [-0.25, -0.2) is 0 Å². The highest BCUT2D eigenvalue weighted by Crippen LogP contribution is 2.36. The van der Waals surface area contributed by atoms with Crippen molar-refractivity contribution >= 4 is 23.2 Å². The standard InChI is InChI=1S/C8H12Cl2O3/c1-3-4-8(6-10)11-7(2,5-9)12-13-8/h3H,1,4-6H2,2H3/t7-,8+/m1/s1. The summed E-state index contributed by atoms with van der Waals surface area (Å²) in [6.45, 7) is 5.28. The lowest BCUT2D eigenvalue weighted by atomic mass is 10.2. The van der Waals surface area contributed by atoms with E-state index in [4.69, 9.17) is 37.7 Å². The van der Waals surface area contributed by atoms with E-state index in [0.29, 0.717) is 6.42 Å². The molecule has 0 unspecified atom stereocenters. The van der Waals surface area contributed by atoms with Gasteiger partial charge in [0.25, 0.3) is 0 Å². The number of alkyl halides is 2. The molecule has 1 heterocycles. The van der Waals surface area contributed by atoms with Crippen LogP contribution >= 0.6 is 23.2 Å². The fourth-order valence-corrected chi connectivity index (χ4v) is 1.35. The van der Waals surface area contributed by atoms with E-state index < -0.39 is 11.6 Å². The Labute approximate surface area is 87.5 Å². The molecule has 0 aromatic rings. The molecule has 1 saturated heterocycles. The van der Waals surface area contributed by atoms with E-state index in [9.17, 15) is 0 Å². The molecule has 3 nitrogen and oxygen atoms in total. The summed E-state index contributed by atoms with van der Waals surface area (Å²) in [5.41, 5.74) is 0. The fourth-order valence-electron chi connectivity index (χ4n) is 1.04. The van der Waals surface area contributed by atoms with E-state index in [1.807, 2.05) is 0 Å². The number of rotatable bonds is 4. The highest BCUT2D eigenvalue weighted by Gasteiger charge is 2.48. The molecular formula is C8H12Cl2O3. The van der Waals surface area contributed by atoms with Gasteiger partial charge in [0, 0.05) is 6.42 Å². The van der Waals surface area contributed by atoms with Gasteiger partial charge in [-0.1, -0.05) is 6.08 Å². The molecule has 0 amide bonds. The van der Waals surface area contributed by atoms with Crippen LogP contribution in [0.3, 0.4) is 0 Å². The van der Waals surface area contributed by atoms with E-state index in [2.05, 4.69) is 6.58 Å². The van der Waals surface area contributed by atoms with Crippen molar-refractivity contribution in [2.45, 2.75) is 24.9 Å². The first-order chi connectivity index (χ1) is 6.10. The lowest BCUT2D eigenvalue weighted by Crippen LogP contribution is -2.37. The Morgan fingerprint density at radius 1 is 1.31 bits per heavy atom. The van der Waals surface area contributed by atoms with Crippen LogP contribution in [0.25, 0.3) is 0 Å². The van der Waals surface area contributed by atoms with Crippen LogP contribution < -0.4 is 0 Å². The van der Waals surface area contributed by atoms with Gasteiger partial charge in [-0.2, -0.15) is 9.78 Å². The number of hydrogen-bond donors (Lipinski definition) is 0. The van der Waals surface area contributed by atoms with Gasteiger partial charge in [0.05, 0.1) is 11.8 Å². The molecule has 0 radical (unpaired) electrons. The summed E-state index contributed by atoms with van der Waals surface area (Å²) in [7, 11) is 0. The van der Waals surface area contributed by atoms with Crippen LogP contribution in [0, 0.1) is 0 Å². The number of ether oxygens (including phenoxy) is 1. The van der Waals surface area contributed by atoms with Crippen LogP contribution in [0.4, 0.5) is 0 Å². The average molecular weight is 227 g/mol. The van der Waals surface area contributed by atoms with E-state index in [1.165, 1.54) is 0 Å². The summed E-state index contributed by atoms with van der Waals surface area (Å²) < 4.78 is 5.50. The summed E-state index contributed by atoms with van der Waals surface area (Å²) in [6.07, 6.45) is 2.12. The molecule has 5 heteroatoms. The first-order valence-corrected chi connectivity index (χ1v) is 4.96. The first kappa shape index (κ1) is 11.3. The van der Waals surface area contributed by atoms with Gasteiger partial charge in [-0.15, -0.1) is 29.8 Å². The molecule has 1 aliphatic rings. The summed E-state index contributed by atoms with van der Waals surface area (Å²) in [5, 5.41) is 0. The Morgan fingerprint density at radius 3 is 2.38 bits per heavy atom. The second-order valence-electron chi connectivity index (χ2n) is 3.07. The predicted molar refractivity (Wildman–Crippen MR) is 50.6 cm³/mol. The van der Waals surface area contributed by atoms with Crippen LogP contribution in [-0.2, 0) is 14.5 Å². The highest BCUT2D eigenvalue weighted by molar-refractivity contribution is 6.19. The first-order valence-electron chi connectivity index (χ1n) is 3.89. The van der Waals surface area contributed by atoms with Crippen molar-refractivity contribution in [1.29, 1.82) is 0 Å². The molecule has 0 aromatic carbocycles. The van der Waals surface area contributed by atoms with Gasteiger partial charge < -0.3 is 4.74 Å². The molecule has 0 N–H and O–H groups in total. The Balaban J connectivity index is 2.67. The maximum absolute atomic E-state index is 5.71. The van der Waals surface area contributed by atoms with Crippen LogP contribution in [0.5, 0.6) is 0 Å². The van der Waals surface area contributed by atoms with E-state index in [1.54, 1.807) is 13.0 Å². The largest absolute Gasteiger partial charge is 0.310 e.